The van der Waals surface area contributed by atoms with E-state index in [1.807, 2.05) is 66.7 Å². The summed E-state index contributed by atoms with van der Waals surface area (Å²) in [5.41, 5.74) is 3.92. The first kappa shape index (κ1) is 20.1. The number of hydrogen-bond acceptors (Lipinski definition) is 3. The predicted molar refractivity (Wildman–Crippen MR) is 112 cm³/mol. The Morgan fingerprint density at radius 3 is 2.10 bits per heavy atom. The maximum Gasteiger partial charge on any atom is 0.266 e. The van der Waals surface area contributed by atoms with Crippen molar-refractivity contribution in [3.8, 4) is 6.07 Å². The molecule has 0 radical (unpaired) electrons. The van der Waals surface area contributed by atoms with Crippen molar-refractivity contribution in [1.29, 1.82) is 5.26 Å². The van der Waals surface area contributed by atoms with Crippen molar-refractivity contribution >= 4 is 5.91 Å². The lowest BCUT2D eigenvalue weighted by Gasteiger charge is -2.20. The molecule has 0 aliphatic rings. The smallest absolute Gasteiger partial charge is 0.266 e. The molecule has 3 rings (SSSR count). The highest BCUT2D eigenvalue weighted by atomic mass is 16.1. The number of carbonyl (C=O) groups excluding carboxylic acids is 1. The summed E-state index contributed by atoms with van der Waals surface area (Å²) in [5, 5.41) is 12.3. The lowest BCUT2D eigenvalue weighted by Crippen LogP contribution is -2.29. The van der Waals surface area contributed by atoms with Crippen molar-refractivity contribution in [3.63, 3.8) is 0 Å². The van der Waals surface area contributed by atoms with E-state index in [0.717, 1.165) is 16.7 Å². The summed E-state index contributed by atoms with van der Waals surface area (Å²) in [6.45, 7) is 3.55. The van der Waals surface area contributed by atoms with Crippen LogP contribution in [-0.2, 0) is 11.2 Å². The normalized spacial score (nSPS) is 10.6. The van der Waals surface area contributed by atoms with E-state index in [-0.39, 0.29) is 29.5 Å². The minimum absolute atomic E-state index is 0.0915. The van der Waals surface area contributed by atoms with Gasteiger partial charge in [0.25, 0.3) is 5.56 Å². The molecule has 0 aliphatic heterocycles. The first-order valence-electron chi connectivity index (χ1n) is 9.53. The molecule has 0 bridgehead atoms. The Bertz CT molecular complexity index is 1060. The highest BCUT2D eigenvalue weighted by Gasteiger charge is 2.18. The number of nitrogens with zero attached hydrogens (tertiary/aromatic N) is 1. The van der Waals surface area contributed by atoms with Gasteiger partial charge in [0, 0.05) is 12.1 Å². The van der Waals surface area contributed by atoms with E-state index in [9.17, 15) is 14.9 Å². The predicted octanol–water partition coefficient (Wildman–Crippen LogP) is 3.70. The van der Waals surface area contributed by atoms with Gasteiger partial charge in [0.2, 0.25) is 5.91 Å². The second-order valence-corrected chi connectivity index (χ2v) is 6.99. The Hall–Kier alpha value is -3.65. The molecule has 2 aromatic carbocycles. The van der Waals surface area contributed by atoms with Crippen LogP contribution >= 0.6 is 0 Å². The van der Waals surface area contributed by atoms with Crippen LogP contribution in [0.1, 0.15) is 46.0 Å². The molecule has 0 unspecified atom stereocenters. The highest BCUT2D eigenvalue weighted by molar-refractivity contribution is 5.77. The third-order valence-corrected chi connectivity index (χ3v) is 5.09. The summed E-state index contributed by atoms with van der Waals surface area (Å²) in [6, 6.07) is 21.4. The highest BCUT2D eigenvalue weighted by Crippen LogP contribution is 2.22. The lowest BCUT2D eigenvalue weighted by atomic mass is 9.97. The molecule has 0 saturated carbocycles. The fourth-order valence-corrected chi connectivity index (χ4v) is 3.54. The van der Waals surface area contributed by atoms with E-state index in [4.69, 9.17) is 0 Å². The van der Waals surface area contributed by atoms with Gasteiger partial charge in [-0.15, -0.1) is 0 Å². The Morgan fingerprint density at radius 1 is 1.03 bits per heavy atom. The zero-order valence-electron chi connectivity index (χ0n) is 16.5. The number of H-pyrrole nitrogens is 1. The molecule has 5 nitrogen and oxygen atoms in total. The average molecular weight is 385 g/mol. The van der Waals surface area contributed by atoms with E-state index < -0.39 is 0 Å². The van der Waals surface area contributed by atoms with Crippen molar-refractivity contribution in [2.45, 2.75) is 32.7 Å². The number of nitriles is 1. The fourth-order valence-electron chi connectivity index (χ4n) is 3.54. The molecule has 0 spiro atoms. The Balaban J connectivity index is 1.79. The van der Waals surface area contributed by atoms with Crippen LogP contribution < -0.4 is 10.9 Å². The van der Waals surface area contributed by atoms with Gasteiger partial charge in [0.1, 0.15) is 11.6 Å². The largest absolute Gasteiger partial charge is 0.345 e. The van der Waals surface area contributed by atoms with Crippen LogP contribution in [0.3, 0.4) is 0 Å². The molecule has 0 saturated heterocycles. The minimum Gasteiger partial charge on any atom is -0.345 e. The summed E-state index contributed by atoms with van der Waals surface area (Å²) >= 11 is 0. The standard InChI is InChI=1S/C24H23N3O2/c1-16-20(17(2)26-24(29)21(16)15-25)13-14-22(28)27-23(18-9-5-3-6-10-18)19-11-7-4-8-12-19/h3-12,23H,13-14H2,1-2H3,(H,26,29)(H,27,28). The van der Waals surface area contributed by atoms with Crippen LogP contribution in [0, 0.1) is 25.2 Å². The first-order chi connectivity index (χ1) is 14.0. The van der Waals surface area contributed by atoms with Gasteiger partial charge in [-0.2, -0.15) is 5.26 Å². The first-order valence-corrected chi connectivity index (χ1v) is 9.53. The zero-order chi connectivity index (χ0) is 20.8. The van der Waals surface area contributed by atoms with Gasteiger partial charge in [-0.1, -0.05) is 60.7 Å². The van der Waals surface area contributed by atoms with Crippen molar-refractivity contribution < 1.29 is 4.79 Å². The van der Waals surface area contributed by atoms with Crippen molar-refractivity contribution in [1.82, 2.24) is 10.3 Å². The lowest BCUT2D eigenvalue weighted by molar-refractivity contribution is -0.121. The Kier molecular flexibility index (Phi) is 6.25. The maximum absolute atomic E-state index is 12.8. The Labute approximate surface area is 170 Å². The summed E-state index contributed by atoms with van der Waals surface area (Å²) in [4.78, 5) is 27.4. The third kappa shape index (κ3) is 4.61. The SMILES string of the molecule is Cc1[nH]c(=O)c(C#N)c(C)c1CCC(=O)NC(c1ccccc1)c1ccccc1. The molecule has 146 valence electrons. The Morgan fingerprint density at radius 2 is 1.59 bits per heavy atom. The molecule has 5 heteroatoms. The van der Waals surface area contributed by atoms with E-state index >= 15 is 0 Å². The topological polar surface area (TPSA) is 85.8 Å². The molecule has 1 heterocycles. The molecule has 1 aromatic heterocycles. The van der Waals surface area contributed by atoms with E-state index in [0.29, 0.717) is 17.7 Å². The van der Waals surface area contributed by atoms with Crippen LogP contribution in [-0.4, -0.2) is 10.9 Å². The number of benzene rings is 2. The zero-order valence-corrected chi connectivity index (χ0v) is 16.5. The van der Waals surface area contributed by atoms with Gasteiger partial charge in [-0.25, -0.2) is 0 Å². The molecule has 0 aliphatic carbocycles. The van der Waals surface area contributed by atoms with Gasteiger partial charge in [0.05, 0.1) is 6.04 Å². The number of nitrogens with one attached hydrogen (secondary N) is 2. The van der Waals surface area contributed by atoms with Crippen molar-refractivity contribution in [2.24, 2.45) is 0 Å². The van der Waals surface area contributed by atoms with Crippen LogP contribution in [0.25, 0.3) is 0 Å². The fraction of sp³-hybridized carbons (Fsp3) is 0.208. The third-order valence-electron chi connectivity index (χ3n) is 5.09. The molecule has 2 N–H and O–H groups in total. The molecule has 1 amide bonds. The minimum atomic E-state index is -0.385. The molecule has 29 heavy (non-hydrogen) atoms. The summed E-state index contributed by atoms with van der Waals surface area (Å²) < 4.78 is 0. The van der Waals surface area contributed by atoms with E-state index in [2.05, 4.69) is 10.3 Å². The average Bonchev–Trinajstić information content (AvgIpc) is 2.73. The molecular weight excluding hydrogens is 362 g/mol. The molecule has 0 fully saturated rings. The van der Waals surface area contributed by atoms with Gasteiger partial charge in [-0.3, -0.25) is 9.59 Å². The number of aromatic amines is 1. The molecule has 3 aromatic rings. The summed E-state index contributed by atoms with van der Waals surface area (Å²) in [6.07, 6.45) is 0.708. The number of rotatable bonds is 6. The second-order valence-electron chi connectivity index (χ2n) is 6.99. The summed E-state index contributed by atoms with van der Waals surface area (Å²) in [5.74, 6) is -0.0915. The molecule has 0 atom stereocenters. The maximum atomic E-state index is 12.8. The number of hydrogen-bond donors (Lipinski definition) is 2. The number of aryl methyl sites for hydroxylation is 1. The van der Waals surface area contributed by atoms with E-state index in [1.54, 1.807) is 13.8 Å². The van der Waals surface area contributed by atoms with Gasteiger partial charge in [-0.05, 0) is 42.5 Å². The number of carbonyl (C=O) groups is 1. The number of aromatic nitrogens is 1. The second kappa shape index (κ2) is 9.03. The summed E-state index contributed by atoms with van der Waals surface area (Å²) in [7, 11) is 0. The van der Waals surface area contributed by atoms with Crippen LogP contribution in [0.5, 0.6) is 0 Å². The monoisotopic (exact) mass is 385 g/mol. The van der Waals surface area contributed by atoms with Crippen molar-refractivity contribution in [2.75, 3.05) is 0 Å². The van der Waals surface area contributed by atoms with Gasteiger partial charge < -0.3 is 10.3 Å². The van der Waals surface area contributed by atoms with Crippen molar-refractivity contribution in [3.05, 3.63) is 105 Å². The van der Waals surface area contributed by atoms with Gasteiger partial charge >= 0.3 is 0 Å². The van der Waals surface area contributed by atoms with Crippen LogP contribution in [0.2, 0.25) is 0 Å². The van der Waals surface area contributed by atoms with Gasteiger partial charge in [0.15, 0.2) is 0 Å². The van der Waals surface area contributed by atoms with Crippen LogP contribution in [0.15, 0.2) is 65.5 Å². The van der Waals surface area contributed by atoms with E-state index in [1.165, 1.54) is 0 Å². The number of pyridine rings is 1. The molecular formula is C24H23N3O2. The number of amides is 1. The van der Waals surface area contributed by atoms with Crippen LogP contribution in [0.4, 0.5) is 0 Å². The quantitative estimate of drug-likeness (QED) is 0.678.